The van der Waals surface area contributed by atoms with Gasteiger partial charge in [0.15, 0.2) is 6.10 Å². The van der Waals surface area contributed by atoms with E-state index in [1.54, 1.807) is 0 Å². The number of hydrogen-bond acceptors (Lipinski definition) is 8. The zero-order valence-electron chi connectivity index (χ0n) is 41.8. The molecule has 0 aromatic rings. The predicted molar refractivity (Wildman–Crippen MR) is 266 cm³/mol. The molecule has 0 saturated carbocycles. The highest BCUT2D eigenvalue weighted by atomic mass is 31.2. The van der Waals surface area contributed by atoms with Crippen LogP contribution >= 0.6 is 7.82 Å². The van der Waals surface area contributed by atoms with Crippen molar-refractivity contribution in [1.29, 1.82) is 0 Å². The number of phosphoric ester groups is 1. The number of hydrogen-bond donors (Lipinski definition) is 2. The topological polar surface area (TPSA) is 134 Å². The van der Waals surface area contributed by atoms with Gasteiger partial charge in [-0.1, -0.05) is 271 Å². The summed E-state index contributed by atoms with van der Waals surface area (Å²) in [5.41, 5.74) is 5.36. The lowest BCUT2D eigenvalue weighted by Gasteiger charge is -2.19. The van der Waals surface area contributed by atoms with Gasteiger partial charge < -0.3 is 20.1 Å². The minimum Gasteiger partial charge on any atom is -0.462 e. The summed E-state index contributed by atoms with van der Waals surface area (Å²) < 4.78 is 32.9. The van der Waals surface area contributed by atoms with Crippen LogP contribution in [0, 0.1) is 0 Å². The number of nitrogens with two attached hydrogens (primary N) is 1. The average Bonchev–Trinajstić information content (AvgIpc) is 3.27. The van der Waals surface area contributed by atoms with Crippen LogP contribution < -0.4 is 5.73 Å². The molecular formula is C53H106NO8P. The molecule has 3 N–H and O–H groups in total. The number of unbranched alkanes of at least 4 members (excludes halogenated alkanes) is 40. The quantitative estimate of drug-likeness (QED) is 0.0347. The Morgan fingerprint density at radius 2 is 0.683 bits per heavy atom. The summed E-state index contributed by atoms with van der Waals surface area (Å²) in [6.45, 7) is 3.78. The van der Waals surface area contributed by atoms with Gasteiger partial charge in [-0.2, -0.15) is 0 Å². The van der Waals surface area contributed by atoms with E-state index in [0.29, 0.717) is 6.42 Å². The lowest BCUT2D eigenvalue weighted by molar-refractivity contribution is -0.161. The molecule has 376 valence electrons. The monoisotopic (exact) mass is 916 g/mol. The van der Waals surface area contributed by atoms with Crippen molar-refractivity contribution in [1.82, 2.24) is 0 Å². The first-order valence-electron chi connectivity index (χ1n) is 27.5. The standard InChI is InChI=1S/C53H106NO8P/c1-3-5-7-9-11-13-15-16-17-18-19-20-21-22-23-24-25-26-27-28-29-30-31-32-33-34-35-36-38-40-42-44-46-53(56)62-51(50-61-63(57,58)60-48-47-54)49-59-52(55)45-43-41-39-37-14-12-10-8-6-4-2/h51H,3-50,54H2,1-2H3,(H,57,58). The van der Waals surface area contributed by atoms with Crippen LogP contribution in [0.5, 0.6) is 0 Å². The summed E-state index contributed by atoms with van der Waals surface area (Å²) in [4.78, 5) is 34.9. The Hall–Kier alpha value is -0.990. The molecule has 0 amide bonds. The Balaban J connectivity index is 3.76. The zero-order valence-corrected chi connectivity index (χ0v) is 42.7. The van der Waals surface area contributed by atoms with E-state index in [4.69, 9.17) is 24.3 Å². The van der Waals surface area contributed by atoms with E-state index in [-0.39, 0.29) is 38.6 Å². The normalized spacial score (nSPS) is 13.0. The van der Waals surface area contributed by atoms with Crippen LogP contribution in [-0.2, 0) is 32.7 Å². The van der Waals surface area contributed by atoms with Gasteiger partial charge in [0.05, 0.1) is 13.2 Å². The lowest BCUT2D eigenvalue weighted by Crippen LogP contribution is -2.29. The highest BCUT2D eigenvalue weighted by Gasteiger charge is 2.26. The van der Waals surface area contributed by atoms with Crippen LogP contribution in [0.15, 0.2) is 0 Å². The Bertz CT molecular complexity index is 1000. The van der Waals surface area contributed by atoms with Gasteiger partial charge in [0, 0.05) is 19.4 Å². The third kappa shape index (κ3) is 50.3. The second kappa shape index (κ2) is 50.4. The molecule has 0 aliphatic heterocycles. The maximum Gasteiger partial charge on any atom is 0.472 e. The lowest BCUT2D eigenvalue weighted by atomic mass is 10.0. The van der Waals surface area contributed by atoms with Crippen LogP contribution in [0.1, 0.15) is 296 Å². The van der Waals surface area contributed by atoms with E-state index in [1.807, 2.05) is 0 Å². The minimum atomic E-state index is -4.37. The fourth-order valence-electron chi connectivity index (χ4n) is 8.40. The summed E-state index contributed by atoms with van der Waals surface area (Å²) in [7, 11) is -4.37. The number of esters is 2. The van der Waals surface area contributed by atoms with Gasteiger partial charge in [-0.25, -0.2) is 4.57 Å². The minimum absolute atomic E-state index is 0.0582. The first kappa shape index (κ1) is 62.0. The molecule has 2 unspecified atom stereocenters. The molecule has 0 rings (SSSR count). The Morgan fingerprint density at radius 3 is 0.968 bits per heavy atom. The maximum atomic E-state index is 12.6. The molecule has 0 aliphatic rings. The van der Waals surface area contributed by atoms with Crippen LogP contribution in [0.3, 0.4) is 0 Å². The molecule has 0 aromatic carbocycles. The van der Waals surface area contributed by atoms with Crippen LogP contribution in [0.2, 0.25) is 0 Å². The van der Waals surface area contributed by atoms with Gasteiger partial charge in [-0.3, -0.25) is 18.6 Å². The molecule has 0 spiro atoms. The van der Waals surface area contributed by atoms with Crippen molar-refractivity contribution in [2.24, 2.45) is 5.73 Å². The van der Waals surface area contributed by atoms with E-state index in [0.717, 1.165) is 32.1 Å². The predicted octanol–water partition coefficient (Wildman–Crippen LogP) is 16.7. The van der Waals surface area contributed by atoms with Crippen molar-refractivity contribution in [3.8, 4) is 0 Å². The molecule has 0 bridgehead atoms. The van der Waals surface area contributed by atoms with E-state index < -0.39 is 26.5 Å². The van der Waals surface area contributed by atoms with Gasteiger partial charge >= 0.3 is 19.8 Å². The van der Waals surface area contributed by atoms with Gasteiger partial charge in [0.2, 0.25) is 0 Å². The average molecular weight is 916 g/mol. The van der Waals surface area contributed by atoms with E-state index in [1.165, 1.54) is 231 Å². The third-order valence-corrected chi connectivity index (χ3v) is 13.5. The molecule has 2 atom stereocenters. The maximum absolute atomic E-state index is 12.6. The number of phosphoric acid groups is 1. The van der Waals surface area contributed by atoms with Gasteiger partial charge in [-0.15, -0.1) is 0 Å². The molecule has 10 heteroatoms. The van der Waals surface area contributed by atoms with Crippen molar-refractivity contribution in [2.75, 3.05) is 26.4 Å². The summed E-state index contributed by atoms with van der Waals surface area (Å²) in [5.74, 6) is -0.811. The smallest absolute Gasteiger partial charge is 0.462 e. The summed E-state index contributed by atoms with van der Waals surface area (Å²) in [6, 6.07) is 0. The zero-order chi connectivity index (χ0) is 46.0. The van der Waals surface area contributed by atoms with E-state index in [9.17, 15) is 19.0 Å². The van der Waals surface area contributed by atoms with Crippen molar-refractivity contribution in [3.63, 3.8) is 0 Å². The van der Waals surface area contributed by atoms with Gasteiger partial charge in [0.1, 0.15) is 6.61 Å². The largest absolute Gasteiger partial charge is 0.472 e. The van der Waals surface area contributed by atoms with Crippen molar-refractivity contribution < 1.29 is 37.6 Å². The first-order chi connectivity index (χ1) is 30.8. The molecule has 0 fully saturated rings. The molecule has 9 nitrogen and oxygen atoms in total. The van der Waals surface area contributed by atoms with Crippen molar-refractivity contribution >= 4 is 19.8 Å². The SMILES string of the molecule is CCCCCCCCCCCCCCCCCCCCCCCCCCCCCCCCCCC(=O)OC(COC(=O)CCCCCCCCCCCC)COP(=O)(O)OCCN. The molecule has 0 radical (unpaired) electrons. The fourth-order valence-corrected chi connectivity index (χ4v) is 9.17. The number of rotatable bonds is 53. The molecule has 0 heterocycles. The van der Waals surface area contributed by atoms with Crippen LogP contribution in [-0.4, -0.2) is 49.3 Å². The van der Waals surface area contributed by atoms with Crippen molar-refractivity contribution in [3.05, 3.63) is 0 Å². The Labute approximate surface area is 390 Å². The summed E-state index contributed by atoms with van der Waals surface area (Å²) >= 11 is 0. The summed E-state index contributed by atoms with van der Waals surface area (Å²) in [5, 5.41) is 0. The summed E-state index contributed by atoms with van der Waals surface area (Å²) in [6.07, 6.45) is 54.7. The first-order valence-corrected chi connectivity index (χ1v) is 29.0. The van der Waals surface area contributed by atoms with E-state index >= 15 is 0 Å². The molecule has 63 heavy (non-hydrogen) atoms. The molecule has 0 saturated heterocycles. The highest BCUT2D eigenvalue weighted by molar-refractivity contribution is 7.47. The number of ether oxygens (including phenoxy) is 2. The Morgan fingerprint density at radius 1 is 0.413 bits per heavy atom. The molecule has 0 aromatic heterocycles. The Kier molecular flexibility index (Phi) is 49.6. The van der Waals surface area contributed by atoms with Crippen LogP contribution in [0.25, 0.3) is 0 Å². The molecular weight excluding hydrogens is 810 g/mol. The number of carbonyl (C=O) groups is 2. The van der Waals surface area contributed by atoms with Crippen molar-refractivity contribution in [2.45, 2.75) is 302 Å². The second-order valence-corrected chi connectivity index (χ2v) is 20.3. The third-order valence-electron chi connectivity index (χ3n) is 12.5. The fraction of sp³-hybridized carbons (Fsp3) is 0.962. The highest BCUT2D eigenvalue weighted by Crippen LogP contribution is 2.43. The second-order valence-electron chi connectivity index (χ2n) is 18.8. The van der Waals surface area contributed by atoms with Crippen LogP contribution in [0.4, 0.5) is 0 Å². The van der Waals surface area contributed by atoms with Gasteiger partial charge in [-0.05, 0) is 12.8 Å². The molecule has 0 aliphatic carbocycles. The number of carbonyl (C=O) groups excluding carboxylic acids is 2. The van der Waals surface area contributed by atoms with E-state index in [2.05, 4.69) is 13.8 Å². The van der Waals surface area contributed by atoms with Gasteiger partial charge in [0.25, 0.3) is 0 Å².